The largest absolute Gasteiger partial charge is 0.480 e. The van der Waals surface area contributed by atoms with Gasteiger partial charge >= 0.3 is 11.9 Å². The van der Waals surface area contributed by atoms with Crippen molar-refractivity contribution < 1.29 is 49.4 Å². The number of ether oxygens (including phenoxy) is 2. The van der Waals surface area contributed by atoms with Crippen LogP contribution < -0.4 is 5.32 Å². The van der Waals surface area contributed by atoms with Crippen molar-refractivity contribution in [2.45, 2.75) is 148 Å². The minimum absolute atomic E-state index is 0.0147. The summed E-state index contributed by atoms with van der Waals surface area (Å²) in [6.45, 7) is 13.8. The Balaban J connectivity index is 1.17. The van der Waals surface area contributed by atoms with Crippen molar-refractivity contribution in [3.63, 3.8) is 0 Å². The van der Waals surface area contributed by atoms with Gasteiger partial charge in [0, 0.05) is 5.92 Å². The molecule has 0 spiro atoms. The molecule has 7 aliphatic rings. The van der Waals surface area contributed by atoms with E-state index in [0.29, 0.717) is 5.92 Å². The summed E-state index contributed by atoms with van der Waals surface area (Å²) in [5.41, 5.74) is 0.245. The molecule has 49 heavy (non-hydrogen) atoms. The number of carbonyl (C=O) groups is 3. The van der Waals surface area contributed by atoms with E-state index in [1.165, 1.54) is 5.57 Å². The Morgan fingerprint density at radius 2 is 1.53 bits per heavy atom. The van der Waals surface area contributed by atoms with Gasteiger partial charge < -0.3 is 40.3 Å². The van der Waals surface area contributed by atoms with Crippen LogP contribution in [0.2, 0.25) is 0 Å². The van der Waals surface area contributed by atoms with E-state index in [9.17, 15) is 39.9 Å². The molecule has 6 fully saturated rings. The number of carbonyl (C=O) groups excluding carboxylic acids is 1. The maximum Gasteiger partial charge on any atom is 0.335 e. The summed E-state index contributed by atoms with van der Waals surface area (Å²) < 4.78 is 12.5. The van der Waals surface area contributed by atoms with Crippen molar-refractivity contribution in [3.05, 3.63) is 11.6 Å². The SMILES string of the molecule is CC1(C)CC[C@]2(C(=O)NCC(=O)O)CC[C@]3(C)C(=CCC4[C@@]5(C)CC[C@@H]6[C@H]([C@@H]7OC(C(=O)O)[C@@H](O)C(O)C7O)O[C@@]6(C)C5CC[C@]43C)C2C1. The number of allylic oxidation sites excluding steroid dienone is 2. The minimum Gasteiger partial charge on any atom is -0.480 e. The second kappa shape index (κ2) is 11.2. The number of fused-ring (bicyclic) bond motifs is 9. The zero-order valence-electron chi connectivity index (χ0n) is 29.9. The lowest BCUT2D eigenvalue weighted by Crippen LogP contribution is -2.76. The van der Waals surface area contributed by atoms with Crippen molar-refractivity contribution >= 4 is 17.8 Å². The first kappa shape index (κ1) is 35.4. The molecule has 2 saturated heterocycles. The average molecular weight is 688 g/mol. The van der Waals surface area contributed by atoms with E-state index in [2.05, 4.69) is 52.9 Å². The number of hydrogen-bond donors (Lipinski definition) is 6. The molecule has 0 aromatic carbocycles. The van der Waals surface area contributed by atoms with Crippen molar-refractivity contribution in [1.82, 2.24) is 5.32 Å². The van der Waals surface area contributed by atoms with Gasteiger partial charge in [0.1, 0.15) is 31.0 Å². The molecule has 7 rings (SSSR count). The van der Waals surface area contributed by atoms with Crippen LogP contribution in [0, 0.1) is 50.7 Å². The van der Waals surface area contributed by atoms with Gasteiger partial charge in [-0.2, -0.15) is 0 Å². The zero-order chi connectivity index (χ0) is 35.7. The fourth-order valence-electron chi connectivity index (χ4n) is 13.3. The highest BCUT2D eigenvalue weighted by Crippen LogP contribution is 2.76. The molecule has 0 bridgehead atoms. The number of carboxylic acid groups (broad SMARTS) is 2. The van der Waals surface area contributed by atoms with Crippen LogP contribution in [0.25, 0.3) is 0 Å². The lowest BCUT2D eigenvalue weighted by atomic mass is 9.33. The maximum absolute atomic E-state index is 13.9. The highest BCUT2D eigenvalue weighted by atomic mass is 16.6. The second-order valence-electron chi connectivity index (χ2n) is 18.7. The lowest BCUT2D eigenvalue weighted by molar-refractivity contribution is -0.372. The number of aliphatic hydroxyl groups is 3. The van der Waals surface area contributed by atoms with E-state index in [0.717, 1.165) is 64.2 Å². The Hall–Kier alpha value is -2.05. The number of carboxylic acids is 2. The van der Waals surface area contributed by atoms with Crippen molar-refractivity contribution in [1.29, 1.82) is 0 Å². The molecule has 11 nitrogen and oxygen atoms in total. The Bertz CT molecular complexity index is 1450. The van der Waals surface area contributed by atoms with Gasteiger partial charge in [-0.05, 0) is 111 Å². The normalized spacial score (nSPS) is 52.8. The van der Waals surface area contributed by atoms with E-state index in [1.807, 2.05) is 0 Å². The van der Waals surface area contributed by atoms with Gasteiger partial charge in [0.25, 0.3) is 0 Å². The number of rotatable bonds is 5. The summed E-state index contributed by atoms with van der Waals surface area (Å²) in [5, 5.41) is 53.4. The molecule has 0 aromatic rings. The van der Waals surface area contributed by atoms with E-state index in [1.54, 1.807) is 0 Å². The third kappa shape index (κ3) is 4.73. The molecule has 11 heteroatoms. The van der Waals surface area contributed by atoms with Gasteiger partial charge in [-0.3, -0.25) is 9.59 Å². The molecular weight excluding hydrogens is 630 g/mol. The summed E-state index contributed by atoms with van der Waals surface area (Å²) in [7, 11) is 0. The molecule has 0 aromatic heterocycles. The Morgan fingerprint density at radius 1 is 0.837 bits per heavy atom. The predicted octanol–water partition coefficient (Wildman–Crippen LogP) is 3.67. The van der Waals surface area contributed by atoms with Crippen molar-refractivity contribution in [2.75, 3.05) is 6.54 Å². The molecule has 2 aliphatic heterocycles. The first-order valence-electron chi connectivity index (χ1n) is 18.6. The van der Waals surface area contributed by atoms with Gasteiger partial charge in [-0.25, -0.2) is 4.79 Å². The number of aliphatic carboxylic acids is 2. The molecule has 6 N–H and O–H groups in total. The van der Waals surface area contributed by atoms with Gasteiger partial charge in [-0.15, -0.1) is 0 Å². The fourth-order valence-corrected chi connectivity index (χ4v) is 13.3. The third-order valence-electron chi connectivity index (χ3n) is 16.2. The Labute approximate surface area is 289 Å². The van der Waals surface area contributed by atoms with E-state index in [-0.39, 0.29) is 51.9 Å². The second-order valence-corrected chi connectivity index (χ2v) is 18.7. The highest BCUT2D eigenvalue weighted by molar-refractivity contribution is 5.87. The number of aliphatic hydroxyl groups excluding tert-OH is 3. The molecule has 15 atom stereocenters. The van der Waals surface area contributed by atoms with Crippen LogP contribution in [0.15, 0.2) is 11.6 Å². The van der Waals surface area contributed by atoms with Gasteiger partial charge in [0.05, 0.1) is 17.1 Å². The molecule has 274 valence electrons. The van der Waals surface area contributed by atoms with Crippen LogP contribution in [0.5, 0.6) is 0 Å². The lowest BCUT2D eigenvalue weighted by Gasteiger charge is -2.74. The van der Waals surface area contributed by atoms with Gasteiger partial charge in [0.2, 0.25) is 5.91 Å². The molecule has 1 amide bonds. The minimum atomic E-state index is -1.73. The molecule has 6 unspecified atom stereocenters. The van der Waals surface area contributed by atoms with Gasteiger partial charge in [0.15, 0.2) is 6.10 Å². The van der Waals surface area contributed by atoms with Crippen LogP contribution >= 0.6 is 0 Å². The fraction of sp³-hybridized carbons (Fsp3) is 0.868. The monoisotopic (exact) mass is 687 g/mol. The van der Waals surface area contributed by atoms with Crippen molar-refractivity contribution in [3.8, 4) is 0 Å². The summed E-state index contributed by atoms with van der Waals surface area (Å²) in [6.07, 6.45) is 3.29. The molecule has 2 heterocycles. The Kier molecular flexibility index (Phi) is 8.10. The van der Waals surface area contributed by atoms with E-state index < -0.39 is 59.6 Å². The summed E-state index contributed by atoms with van der Waals surface area (Å²) in [4.78, 5) is 37.1. The van der Waals surface area contributed by atoms with Crippen LogP contribution in [-0.2, 0) is 23.9 Å². The first-order chi connectivity index (χ1) is 22.8. The molecule has 0 radical (unpaired) electrons. The Morgan fingerprint density at radius 3 is 2.20 bits per heavy atom. The zero-order valence-corrected chi connectivity index (χ0v) is 29.9. The summed E-state index contributed by atoms with van der Waals surface area (Å²) in [5.74, 6) is -1.82. The molecule has 5 aliphatic carbocycles. The first-order valence-corrected chi connectivity index (χ1v) is 18.6. The average Bonchev–Trinajstić information content (AvgIpc) is 3.01. The standard InChI is InChI=1S/C38H57NO10/c1-33(2)13-15-38(32(47)39-18-24(40)41)16-14-35(4)19(21(38)17-33)7-8-22-34(3)11-9-20-28(49-37(20,6)23(34)10-12-36(22,35)5)29-26(43)25(42)27(44)30(48-29)31(45)46/h7,20-23,25-30,42-44H,8-18H2,1-6H3,(H,39,47)(H,40,41)(H,45,46)/t20-,21?,22?,23?,25?,26?,27+,28-,29-,30?,34-,35-,36-,37-,38+/m1/s1. The van der Waals surface area contributed by atoms with E-state index >= 15 is 0 Å². The number of nitrogens with one attached hydrogen (secondary N) is 1. The molecular formula is C38H57NO10. The van der Waals surface area contributed by atoms with Crippen LogP contribution in [-0.4, -0.2) is 92.1 Å². The van der Waals surface area contributed by atoms with Crippen LogP contribution in [0.1, 0.15) is 106 Å². The van der Waals surface area contributed by atoms with Crippen LogP contribution in [0.4, 0.5) is 0 Å². The highest BCUT2D eigenvalue weighted by Gasteiger charge is 2.73. The number of amides is 1. The summed E-state index contributed by atoms with van der Waals surface area (Å²) in [6, 6.07) is 0. The quantitative estimate of drug-likeness (QED) is 0.233. The summed E-state index contributed by atoms with van der Waals surface area (Å²) >= 11 is 0. The van der Waals surface area contributed by atoms with Crippen molar-refractivity contribution in [2.24, 2.45) is 50.7 Å². The molecule has 4 saturated carbocycles. The predicted molar refractivity (Wildman–Crippen MR) is 177 cm³/mol. The van der Waals surface area contributed by atoms with E-state index in [4.69, 9.17) is 9.47 Å². The van der Waals surface area contributed by atoms with Gasteiger partial charge in [-0.1, -0.05) is 46.3 Å². The smallest absolute Gasteiger partial charge is 0.335 e. The maximum atomic E-state index is 13.9. The topological polar surface area (TPSA) is 183 Å². The van der Waals surface area contributed by atoms with Crippen LogP contribution in [0.3, 0.4) is 0 Å². The number of hydrogen-bond acceptors (Lipinski definition) is 8. The third-order valence-corrected chi connectivity index (χ3v) is 16.2.